The lowest BCUT2D eigenvalue weighted by molar-refractivity contribution is -0.136. The van der Waals surface area contributed by atoms with Gasteiger partial charge in [0.25, 0.3) is 0 Å². The summed E-state index contributed by atoms with van der Waals surface area (Å²) in [7, 11) is 0. The largest absolute Gasteiger partial charge is 0.481 e. The molecular formula is C10H7N5O2S. The smallest absolute Gasteiger partial charge is 0.309 e. The number of rotatable bonds is 3. The number of fused-ring (bicyclic) bond motifs is 1. The van der Waals surface area contributed by atoms with Crippen LogP contribution in [0.25, 0.3) is 16.5 Å². The first-order valence-corrected chi connectivity index (χ1v) is 5.95. The van der Waals surface area contributed by atoms with Crippen molar-refractivity contribution in [2.24, 2.45) is 0 Å². The number of aromatic nitrogens is 5. The fraction of sp³-hybridized carbons (Fsp3) is 0.100. The van der Waals surface area contributed by atoms with E-state index in [-0.39, 0.29) is 6.42 Å². The van der Waals surface area contributed by atoms with Crippen molar-refractivity contribution in [1.82, 2.24) is 24.8 Å². The molecular weight excluding hydrogens is 254 g/mol. The molecule has 7 nitrogen and oxygen atoms in total. The van der Waals surface area contributed by atoms with Crippen molar-refractivity contribution in [3.8, 4) is 10.8 Å². The number of hydrogen-bond acceptors (Lipinski definition) is 6. The highest BCUT2D eigenvalue weighted by atomic mass is 32.1. The van der Waals surface area contributed by atoms with Crippen LogP contribution >= 0.6 is 11.3 Å². The molecule has 0 aliphatic carbocycles. The zero-order chi connectivity index (χ0) is 12.5. The Hall–Kier alpha value is -2.35. The van der Waals surface area contributed by atoms with E-state index in [0.717, 1.165) is 0 Å². The summed E-state index contributed by atoms with van der Waals surface area (Å²) in [6.45, 7) is 0. The molecule has 0 aliphatic heterocycles. The molecule has 0 unspecified atom stereocenters. The average Bonchev–Trinajstić information content (AvgIpc) is 2.94. The highest BCUT2D eigenvalue weighted by Gasteiger charge is 2.12. The third kappa shape index (κ3) is 1.82. The van der Waals surface area contributed by atoms with Crippen LogP contribution in [0.4, 0.5) is 0 Å². The van der Waals surface area contributed by atoms with Gasteiger partial charge >= 0.3 is 5.97 Å². The molecule has 18 heavy (non-hydrogen) atoms. The number of hydrogen-bond donors (Lipinski definition) is 1. The summed E-state index contributed by atoms with van der Waals surface area (Å²) in [5.74, 6) is -0.405. The van der Waals surface area contributed by atoms with E-state index in [0.29, 0.717) is 22.2 Å². The first-order chi connectivity index (χ1) is 8.74. The average molecular weight is 261 g/mol. The summed E-state index contributed by atoms with van der Waals surface area (Å²) in [5, 5.41) is 23.5. The fourth-order valence-corrected chi connectivity index (χ4v) is 2.15. The highest BCUT2D eigenvalue weighted by Crippen LogP contribution is 2.19. The minimum absolute atomic E-state index is 0.134. The number of aliphatic carboxylic acids is 1. The van der Waals surface area contributed by atoms with Gasteiger partial charge in [0.1, 0.15) is 0 Å². The van der Waals surface area contributed by atoms with E-state index < -0.39 is 5.97 Å². The fourth-order valence-electron chi connectivity index (χ4n) is 1.54. The second-order valence-electron chi connectivity index (χ2n) is 3.53. The van der Waals surface area contributed by atoms with Crippen LogP contribution in [0.15, 0.2) is 23.7 Å². The molecule has 0 saturated heterocycles. The summed E-state index contributed by atoms with van der Waals surface area (Å²) >= 11 is 1.42. The quantitative estimate of drug-likeness (QED) is 0.752. The lowest BCUT2D eigenvalue weighted by Gasteiger charge is -1.98. The van der Waals surface area contributed by atoms with Gasteiger partial charge in [-0.25, -0.2) is 4.98 Å². The van der Waals surface area contributed by atoms with Gasteiger partial charge in [-0.15, -0.1) is 21.5 Å². The Morgan fingerprint density at radius 3 is 3.00 bits per heavy atom. The van der Waals surface area contributed by atoms with E-state index in [1.165, 1.54) is 15.9 Å². The molecule has 0 atom stereocenters. The number of thiazole rings is 1. The predicted molar refractivity (Wildman–Crippen MR) is 63.2 cm³/mol. The second kappa shape index (κ2) is 4.15. The van der Waals surface area contributed by atoms with E-state index in [2.05, 4.69) is 20.3 Å². The third-order valence-electron chi connectivity index (χ3n) is 2.27. The molecule has 90 valence electrons. The number of nitrogens with zero attached hydrogens (tertiary/aromatic N) is 5. The summed E-state index contributed by atoms with van der Waals surface area (Å²) in [6.07, 6.45) is 1.54. The van der Waals surface area contributed by atoms with Crippen LogP contribution in [0.2, 0.25) is 0 Å². The van der Waals surface area contributed by atoms with Gasteiger partial charge in [-0.2, -0.15) is 9.61 Å². The molecule has 0 fully saturated rings. The number of carboxylic acid groups (broad SMARTS) is 1. The van der Waals surface area contributed by atoms with Gasteiger partial charge in [0.05, 0.1) is 12.1 Å². The summed E-state index contributed by atoms with van der Waals surface area (Å²) in [5.41, 5.74) is 1.02. The lowest BCUT2D eigenvalue weighted by Crippen LogP contribution is -2.05. The molecule has 3 heterocycles. The van der Waals surface area contributed by atoms with Crippen LogP contribution in [0.1, 0.15) is 5.69 Å². The summed E-state index contributed by atoms with van der Waals surface area (Å²) < 4.78 is 1.51. The van der Waals surface area contributed by atoms with Gasteiger partial charge in [-0.05, 0) is 12.1 Å². The number of carboxylic acids is 1. The zero-order valence-electron chi connectivity index (χ0n) is 9.02. The Bertz CT molecular complexity index is 706. The maximum absolute atomic E-state index is 10.7. The van der Waals surface area contributed by atoms with Crippen molar-refractivity contribution in [3.63, 3.8) is 0 Å². The van der Waals surface area contributed by atoms with E-state index in [4.69, 9.17) is 5.11 Å². The van der Waals surface area contributed by atoms with Crippen LogP contribution in [-0.2, 0) is 11.2 Å². The lowest BCUT2D eigenvalue weighted by atomic mass is 10.3. The molecule has 0 radical (unpaired) electrons. The van der Waals surface area contributed by atoms with E-state index in [9.17, 15) is 4.79 Å². The Morgan fingerprint density at radius 1 is 1.39 bits per heavy atom. The van der Waals surface area contributed by atoms with Crippen LogP contribution < -0.4 is 0 Å². The summed E-state index contributed by atoms with van der Waals surface area (Å²) in [6, 6.07) is 3.32. The van der Waals surface area contributed by atoms with Gasteiger partial charge in [-0.1, -0.05) is 0 Å². The molecule has 1 N–H and O–H groups in total. The maximum Gasteiger partial charge on any atom is 0.309 e. The SMILES string of the molecule is O=C(O)Cc1ccc2nnc(-c3nccs3)n2n1. The monoisotopic (exact) mass is 261 g/mol. The van der Waals surface area contributed by atoms with Crippen LogP contribution in [0.3, 0.4) is 0 Å². The minimum atomic E-state index is -0.925. The number of carbonyl (C=O) groups is 1. The Morgan fingerprint density at radius 2 is 2.28 bits per heavy atom. The van der Waals surface area contributed by atoms with Gasteiger partial charge in [0, 0.05) is 11.6 Å². The molecule has 0 amide bonds. The molecule has 0 aromatic carbocycles. The van der Waals surface area contributed by atoms with E-state index in [1.807, 2.05) is 5.38 Å². The molecule has 3 rings (SSSR count). The van der Waals surface area contributed by atoms with Crippen molar-refractivity contribution in [2.75, 3.05) is 0 Å². The van der Waals surface area contributed by atoms with E-state index >= 15 is 0 Å². The Labute approximate surface area is 105 Å². The third-order valence-corrected chi connectivity index (χ3v) is 3.04. The maximum atomic E-state index is 10.7. The standard InChI is InChI=1S/C10H7N5O2S/c16-8(17)5-6-1-2-7-12-13-9(15(7)14-6)10-11-3-4-18-10/h1-4H,5H2,(H,16,17). The molecule has 0 spiro atoms. The van der Waals surface area contributed by atoms with Crippen molar-refractivity contribution in [3.05, 3.63) is 29.4 Å². The molecule has 0 bridgehead atoms. The molecule has 0 aliphatic rings. The minimum Gasteiger partial charge on any atom is -0.481 e. The normalized spacial score (nSPS) is 10.9. The zero-order valence-corrected chi connectivity index (χ0v) is 9.83. The Balaban J connectivity index is 2.13. The van der Waals surface area contributed by atoms with Crippen molar-refractivity contribution in [1.29, 1.82) is 0 Å². The topological polar surface area (TPSA) is 93.3 Å². The first kappa shape index (κ1) is 10.8. The molecule has 8 heteroatoms. The van der Waals surface area contributed by atoms with Crippen molar-refractivity contribution in [2.45, 2.75) is 6.42 Å². The van der Waals surface area contributed by atoms with Crippen molar-refractivity contribution >= 4 is 23.0 Å². The van der Waals surface area contributed by atoms with Gasteiger partial charge in [0.2, 0.25) is 5.82 Å². The van der Waals surface area contributed by atoms with E-state index in [1.54, 1.807) is 18.3 Å². The van der Waals surface area contributed by atoms with Gasteiger partial charge in [0.15, 0.2) is 10.7 Å². The van der Waals surface area contributed by atoms with Crippen LogP contribution in [0, 0.1) is 0 Å². The predicted octanol–water partition coefficient (Wildman–Crippen LogP) is 0.875. The van der Waals surface area contributed by atoms with Gasteiger partial charge < -0.3 is 5.11 Å². The Kier molecular flexibility index (Phi) is 2.49. The molecule has 0 saturated carbocycles. The highest BCUT2D eigenvalue weighted by molar-refractivity contribution is 7.13. The summed E-state index contributed by atoms with van der Waals surface area (Å²) in [4.78, 5) is 14.8. The van der Waals surface area contributed by atoms with Crippen LogP contribution in [0.5, 0.6) is 0 Å². The van der Waals surface area contributed by atoms with Gasteiger partial charge in [-0.3, -0.25) is 4.79 Å². The molecule has 3 aromatic rings. The first-order valence-electron chi connectivity index (χ1n) is 5.07. The second-order valence-corrected chi connectivity index (χ2v) is 4.42. The van der Waals surface area contributed by atoms with Crippen molar-refractivity contribution < 1.29 is 9.90 Å². The van der Waals surface area contributed by atoms with Crippen LogP contribution in [-0.4, -0.2) is 35.9 Å². The molecule has 3 aromatic heterocycles.